The number of carbonyl (C=O) groups excluding carboxylic acids is 2. The Morgan fingerprint density at radius 3 is 2.65 bits per heavy atom. The molecule has 2 fully saturated rings. The maximum absolute atomic E-state index is 12.9. The summed E-state index contributed by atoms with van der Waals surface area (Å²) in [6.45, 7) is 1.19. The molecule has 172 valence electrons. The van der Waals surface area contributed by atoms with Crippen LogP contribution in [-0.4, -0.2) is 52.2 Å². The number of esters is 1. The number of likely N-dealkylation sites (tertiary alicyclic amines) is 1. The number of methoxy groups -OCH3 is 1. The summed E-state index contributed by atoms with van der Waals surface area (Å²) in [5, 5.41) is 12.0. The molecule has 0 radical (unpaired) electrons. The zero-order valence-corrected chi connectivity index (χ0v) is 19.6. The Morgan fingerprint density at radius 1 is 1.26 bits per heavy atom. The number of amides is 1. The van der Waals surface area contributed by atoms with E-state index in [0.717, 1.165) is 0 Å². The van der Waals surface area contributed by atoms with Gasteiger partial charge in [-0.25, -0.2) is 4.79 Å². The molecule has 1 saturated carbocycles. The van der Waals surface area contributed by atoms with Crippen molar-refractivity contribution in [1.82, 2.24) is 4.90 Å². The van der Waals surface area contributed by atoms with Gasteiger partial charge in [0.25, 0.3) is 0 Å². The van der Waals surface area contributed by atoms with Crippen LogP contribution in [-0.2, 0) is 20.0 Å². The number of carbonyl (C=O) groups is 2. The Hall–Kier alpha value is -1.41. The number of piperidine rings is 1. The lowest BCUT2D eigenvalue weighted by Crippen LogP contribution is -2.61. The number of rotatable bonds is 4. The fourth-order valence-corrected chi connectivity index (χ4v) is 4.91. The van der Waals surface area contributed by atoms with E-state index in [1.165, 1.54) is 18.9 Å². The summed E-state index contributed by atoms with van der Waals surface area (Å²) in [6.07, 6.45) is 1.42. The van der Waals surface area contributed by atoms with Crippen LogP contribution in [0.5, 0.6) is 5.75 Å². The van der Waals surface area contributed by atoms with E-state index in [1.54, 1.807) is 24.3 Å². The molecule has 1 aliphatic carbocycles. The fourth-order valence-electron chi connectivity index (χ4n) is 4.75. The highest BCUT2D eigenvalue weighted by Gasteiger charge is 2.55. The first kappa shape index (κ1) is 24.2. The average molecular weight is 495 g/mol. The van der Waals surface area contributed by atoms with Gasteiger partial charge in [-0.05, 0) is 43.7 Å². The molecule has 10 heteroatoms. The van der Waals surface area contributed by atoms with Crippen molar-refractivity contribution in [1.29, 1.82) is 0 Å². The van der Waals surface area contributed by atoms with Crippen molar-refractivity contribution in [2.24, 2.45) is 11.8 Å². The summed E-state index contributed by atoms with van der Waals surface area (Å²) >= 11 is 17.2. The van der Waals surface area contributed by atoms with Gasteiger partial charge >= 0.3 is 12.1 Å². The molecule has 1 aliphatic heterocycles. The maximum Gasteiger partial charge on any atom is 0.412 e. The monoisotopic (exact) mass is 493 g/mol. The van der Waals surface area contributed by atoms with E-state index in [0.29, 0.717) is 37.0 Å². The Bertz CT molecular complexity index is 817. The quantitative estimate of drug-likeness (QED) is 0.493. The number of fused-ring (bicyclic) bond motifs is 1. The topological polar surface area (TPSA) is 85.3 Å². The first-order valence-electron chi connectivity index (χ1n) is 10.1. The minimum atomic E-state index is -1.76. The molecule has 2 aliphatic rings. The SMILES string of the molecule is COc1cccc(C2(O)C3CCC(OC(C)=O)CC3CCN2C(=O)OCC(Cl)(Cl)Cl)c1. The molecule has 1 aromatic rings. The normalized spacial score (nSPS) is 28.5. The van der Waals surface area contributed by atoms with Crippen molar-refractivity contribution in [3.8, 4) is 5.75 Å². The molecule has 1 heterocycles. The van der Waals surface area contributed by atoms with Crippen LogP contribution in [0.15, 0.2) is 24.3 Å². The van der Waals surface area contributed by atoms with Gasteiger partial charge in [-0.3, -0.25) is 9.69 Å². The van der Waals surface area contributed by atoms with Crippen LogP contribution in [0.25, 0.3) is 0 Å². The van der Waals surface area contributed by atoms with Gasteiger partial charge in [-0.2, -0.15) is 0 Å². The van der Waals surface area contributed by atoms with Gasteiger partial charge in [0.15, 0.2) is 5.72 Å². The summed E-state index contributed by atoms with van der Waals surface area (Å²) in [5.41, 5.74) is -1.14. The number of nitrogens with zero attached hydrogens (tertiary/aromatic N) is 1. The molecule has 1 aromatic carbocycles. The van der Waals surface area contributed by atoms with Gasteiger partial charge in [-0.15, -0.1) is 0 Å². The summed E-state index contributed by atoms with van der Waals surface area (Å²) in [5.74, 6) is -0.0116. The Labute approximate surface area is 196 Å². The number of hydrogen-bond acceptors (Lipinski definition) is 6. The van der Waals surface area contributed by atoms with E-state index in [2.05, 4.69) is 0 Å². The van der Waals surface area contributed by atoms with Gasteiger partial charge in [0.2, 0.25) is 3.79 Å². The van der Waals surface area contributed by atoms with Crippen LogP contribution in [0.2, 0.25) is 0 Å². The molecule has 3 rings (SSSR count). The highest BCUT2D eigenvalue weighted by atomic mass is 35.6. The van der Waals surface area contributed by atoms with E-state index >= 15 is 0 Å². The third kappa shape index (κ3) is 5.51. The first-order chi connectivity index (χ1) is 14.5. The van der Waals surface area contributed by atoms with Crippen molar-refractivity contribution in [3.05, 3.63) is 29.8 Å². The fraction of sp³-hybridized carbons (Fsp3) is 0.619. The lowest BCUT2D eigenvalue weighted by atomic mass is 9.66. The molecule has 7 nitrogen and oxygen atoms in total. The first-order valence-corrected chi connectivity index (χ1v) is 11.2. The molecule has 4 atom stereocenters. The van der Waals surface area contributed by atoms with E-state index in [4.69, 9.17) is 49.0 Å². The molecular formula is C21H26Cl3NO6. The van der Waals surface area contributed by atoms with E-state index in [1.807, 2.05) is 0 Å². The molecule has 4 unspecified atom stereocenters. The maximum atomic E-state index is 12.9. The molecule has 0 spiro atoms. The molecule has 0 aromatic heterocycles. The largest absolute Gasteiger partial charge is 0.497 e. The van der Waals surface area contributed by atoms with Gasteiger partial charge in [0, 0.05) is 24.9 Å². The van der Waals surface area contributed by atoms with Crippen molar-refractivity contribution in [3.63, 3.8) is 0 Å². The van der Waals surface area contributed by atoms with E-state index in [-0.39, 0.29) is 30.5 Å². The van der Waals surface area contributed by atoms with Crippen LogP contribution >= 0.6 is 34.8 Å². The average Bonchev–Trinajstić information content (AvgIpc) is 2.71. The van der Waals surface area contributed by atoms with Crippen LogP contribution in [0.1, 0.15) is 38.2 Å². The summed E-state index contributed by atoms with van der Waals surface area (Å²) in [4.78, 5) is 25.6. The predicted molar refractivity (Wildman–Crippen MR) is 116 cm³/mol. The van der Waals surface area contributed by atoms with Gasteiger partial charge in [0.1, 0.15) is 18.5 Å². The number of aliphatic hydroxyl groups is 1. The molecular weight excluding hydrogens is 469 g/mol. The van der Waals surface area contributed by atoms with E-state index < -0.39 is 22.2 Å². The van der Waals surface area contributed by atoms with Crippen molar-refractivity contribution < 1.29 is 28.9 Å². The number of ether oxygens (including phenoxy) is 3. The lowest BCUT2D eigenvalue weighted by Gasteiger charge is -2.53. The molecule has 0 bridgehead atoms. The minimum Gasteiger partial charge on any atom is -0.497 e. The number of benzene rings is 1. The molecule has 31 heavy (non-hydrogen) atoms. The van der Waals surface area contributed by atoms with Crippen LogP contribution in [0.3, 0.4) is 0 Å². The van der Waals surface area contributed by atoms with Gasteiger partial charge in [-0.1, -0.05) is 46.9 Å². The van der Waals surface area contributed by atoms with Crippen LogP contribution in [0, 0.1) is 11.8 Å². The number of hydrogen-bond donors (Lipinski definition) is 1. The zero-order valence-electron chi connectivity index (χ0n) is 17.4. The summed E-state index contributed by atoms with van der Waals surface area (Å²) < 4.78 is 14.2. The minimum absolute atomic E-state index is 0.0477. The van der Waals surface area contributed by atoms with Crippen LogP contribution in [0.4, 0.5) is 4.79 Å². The second-order valence-corrected chi connectivity index (χ2v) is 10.5. The van der Waals surface area contributed by atoms with Crippen molar-refractivity contribution >= 4 is 46.9 Å². The van der Waals surface area contributed by atoms with Crippen LogP contribution < -0.4 is 4.74 Å². The Morgan fingerprint density at radius 2 is 2.00 bits per heavy atom. The second-order valence-electron chi connectivity index (χ2n) is 7.98. The summed E-state index contributed by atoms with van der Waals surface area (Å²) in [7, 11) is 1.53. The third-order valence-corrected chi connectivity index (χ3v) is 6.32. The standard InChI is InChI=1S/C21H26Cl3NO6/c1-13(26)31-17-6-7-18-14(10-17)8-9-25(19(27)30-12-20(22,23)24)21(18,28)15-4-3-5-16(11-15)29-2/h3-5,11,14,17-18,28H,6-10,12H2,1-2H3. The smallest absolute Gasteiger partial charge is 0.412 e. The highest BCUT2D eigenvalue weighted by molar-refractivity contribution is 6.67. The lowest BCUT2D eigenvalue weighted by molar-refractivity contribution is -0.200. The molecule has 1 N–H and O–H groups in total. The van der Waals surface area contributed by atoms with Crippen molar-refractivity contribution in [2.45, 2.75) is 48.2 Å². The van der Waals surface area contributed by atoms with Crippen molar-refractivity contribution in [2.75, 3.05) is 20.3 Å². The number of alkyl halides is 3. The predicted octanol–water partition coefficient (Wildman–Crippen LogP) is 4.40. The molecule has 1 saturated heterocycles. The third-order valence-electron chi connectivity index (χ3n) is 5.99. The highest BCUT2D eigenvalue weighted by Crippen LogP contribution is 2.50. The number of halogens is 3. The van der Waals surface area contributed by atoms with Gasteiger partial charge < -0.3 is 19.3 Å². The second kappa shape index (κ2) is 9.61. The van der Waals surface area contributed by atoms with Gasteiger partial charge in [0.05, 0.1) is 7.11 Å². The van der Waals surface area contributed by atoms with E-state index in [9.17, 15) is 14.7 Å². The molecule has 1 amide bonds. The summed E-state index contributed by atoms with van der Waals surface area (Å²) in [6, 6.07) is 6.97. The Kier molecular flexibility index (Phi) is 7.51. The Balaban J connectivity index is 1.93. The zero-order chi connectivity index (χ0) is 22.8.